The number of ether oxygens (including phenoxy) is 2. The summed E-state index contributed by atoms with van der Waals surface area (Å²) in [4.78, 5) is 24.1. The molecule has 0 aliphatic heterocycles. The molecule has 0 rings (SSSR count). The number of hydrogen-bond donors (Lipinski definition) is 0. The maximum Gasteiger partial charge on any atom is 0.345 e. The predicted molar refractivity (Wildman–Crippen MR) is 54.9 cm³/mol. The number of nitrogens with zero attached hydrogens (tertiary/aromatic N) is 1. The maximum atomic E-state index is 11.1. The van der Waals surface area contributed by atoms with E-state index in [1.807, 2.05) is 14.1 Å². The molecule has 0 heterocycles. The van der Waals surface area contributed by atoms with Gasteiger partial charge in [-0.1, -0.05) is 0 Å². The highest BCUT2D eigenvalue weighted by atomic mass is 16.5. The van der Waals surface area contributed by atoms with Gasteiger partial charge in [0, 0.05) is 14.1 Å². The standard InChI is InChI=1S/C10H15NO4/c1-11(2)7-5-6-8(9(12)14-3)10(13)15-4/h5-7H,1-4H3. The quantitative estimate of drug-likeness (QED) is 0.221. The number of esters is 2. The average molecular weight is 213 g/mol. The summed E-state index contributed by atoms with van der Waals surface area (Å²) >= 11 is 0. The maximum absolute atomic E-state index is 11.1. The van der Waals surface area contributed by atoms with Crippen molar-refractivity contribution < 1.29 is 19.1 Å². The Morgan fingerprint density at radius 3 is 1.87 bits per heavy atom. The van der Waals surface area contributed by atoms with Gasteiger partial charge < -0.3 is 14.4 Å². The predicted octanol–water partition coefficient (Wildman–Crippen LogP) is 0.334. The van der Waals surface area contributed by atoms with Crippen LogP contribution in [0.5, 0.6) is 0 Å². The van der Waals surface area contributed by atoms with Crippen molar-refractivity contribution in [1.29, 1.82) is 0 Å². The third-order valence-corrected chi connectivity index (χ3v) is 1.46. The molecule has 0 atom stereocenters. The van der Waals surface area contributed by atoms with Gasteiger partial charge in [0.25, 0.3) is 0 Å². The number of carbonyl (C=O) groups is 2. The molecule has 5 heteroatoms. The molecular formula is C10H15NO4. The van der Waals surface area contributed by atoms with Crippen molar-refractivity contribution in [1.82, 2.24) is 4.90 Å². The van der Waals surface area contributed by atoms with Gasteiger partial charge in [0.2, 0.25) is 0 Å². The SMILES string of the molecule is COC(=O)C(=CC=CN(C)C)C(=O)OC. The molecule has 0 aromatic rings. The minimum absolute atomic E-state index is 0.141. The molecule has 0 aromatic heterocycles. The van der Waals surface area contributed by atoms with Crippen LogP contribution in [0.3, 0.4) is 0 Å². The largest absolute Gasteiger partial charge is 0.465 e. The first-order chi connectivity index (χ1) is 7.02. The lowest BCUT2D eigenvalue weighted by atomic mass is 10.2. The molecule has 0 bridgehead atoms. The number of rotatable bonds is 4. The number of carbonyl (C=O) groups excluding carboxylic acids is 2. The van der Waals surface area contributed by atoms with Gasteiger partial charge in [0.15, 0.2) is 0 Å². The highest BCUT2D eigenvalue weighted by Crippen LogP contribution is 2.01. The second-order valence-corrected chi connectivity index (χ2v) is 2.87. The minimum atomic E-state index is -0.717. The van der Waals surface area contributed by atoms with Gasteiger partial charge in [-0.15, -0.1) is 0 Å². The summed E-state index contributed by atoms with van der Waals surface area (Å²) < 4.78 is 8.87. The zero-order valence-electron chi connectivity index (χ0n) is 9.31. The second-order valence-electron chi connectivity index (χ2n) is 2.87. The monoisotopic (exact) mass is 213 g/mol. The van der Waals surface area contributed by atoms with Crippen LogP contribution < -0.4 is 0 Å². The molecule has 0 aliphatic carbocycles. The zero-order chi connectivity index (χ0) is 11.8. The Morgan fingerprint density at radius 2 is 1.53 bits per heavy atom. The summed E-state index contributed by atoms with van der Waals surface area (Å²) in [6.45, 7) is 0. The van der Waals surface area contributed by atoms with Crippen LogP contribution in [0.4, 0.5) is 0 Å². The summed E-state index contributed by atoms with van der Waals surface area (Å²) in [7, 11) is 6.05. The van der Waals surface area contributed by atoms with Crippen LogP contribution in [0.1, 0.15) is 0 Å². The number of methoxy groups -OCH3 is 2. The Hall–Kier alpha value is -1.78. The Kier molecular flexibility index (Phi) is 5.85. The van der Waals surface area contributed by atoms with Gasteiger partial charge in [-0.2, -0.15) is 0 Å². The van der Waals surface area contributed by atoms with Crippen molar-refractivity contribution in [2.24, 2.45) is 0 Å². The fraction of sp³-hybridized carbons (Fsp3) is 0.400. The van der Waals surface area contributed by atoms with E-state index in [4.69, 9.17) is 0 Å². The molecule has 5 nitrogen and oxygen atoms in total. The van der Waals surface area contributed by atoms with E-state index in [1.54, 1.807) is 17.2 Å². The fourth-order valence-electron chi connectivity index (χ4n) is 0.751. The molecule has 0 aliphatic rings. The van der Waals surface area contributed by atoms with Gasteiger partial charge >= 0.3 is 11.9 Å². The van der Waals surface area contributed by atoms with E-state index in [-0.39, 0.29) is 5.57 Å². The lowest BCUT2D eigenvalue weighted by Gasteiger charge is -2.03. The van der Waals surface area contributed by atoms with Crippen LogP contribution >= 0.6 is 0 Å². The third kappa shape index (κ3) is 4.85. The smallest absolute Gasteiger partial charge is 0.345 e. The van der Waals surface area contributed by atoms with Gasteiger partial charge in [-0.3, -0.25) is 0 Å². The molecule has 0 saturated carbocycles. The molecule has 0 spiro atoms. The van der Waals surface area contributed by atoms with Crippen molar-refractivity contribution in [2.45, 2.75) is 0 Å². The fourth-order valence-corrected chi connectivity index (χ4v) is 0.751. The van der Waals surface area contributed by atoms with E-state index < -0.39 is 11.9 Å². The summed E-state index contributed by atoms with van der Waals surface area (Å²) in [5.41, 5.74) is -0.141. The third-order valence-electron chi connectivity index (χ3n) is 1.46. The van der Waals surface area contributed by atoms with Gasteiger partial charge in [0.1, 0.15) is 5.57 Å². The van der Waals surface area contributed by atoms with E-state index >= 15 is 0 Å². The van der Waals surface area contributed by atoms with Crippen molar-refractivity contribution >= 4 is 11.9 Å². The van der Waals surface area contributed by atoms with Gasteiger partial charge in [-0.05, 0) is 18.4 Å². The summed E-state index contributed by atoms with van der Waals surface area (Å²) in [6, 6.07) is 0. The first-order valence-electron chi connectivity index (χ1n) is 4.24. The molecule has 0 fully saturated rings. The normalized spacial score (nSPS) is 9.60. The molecule has 0 saturated heterocycles. The lowest BCUT2D eigenvalue weighted by Crippen LogP contribution is -2.15. The molecule has 0 amide bonds. The second kappa shape index (κ2) is 6.64. The van der Waals surface area contributed by atoms with Crippen LogP contribution in [0.15, 0.2) is 23.9 Å². The zero-order valence-corrected chi connectivity index (χ0v) is 9.31. The van der Waals surface area contributed by atoms with E-state index in [2.05, 4.69) is 9.47 Å². The number of allylic oxidation sites excluding steroid dienone is 2. The average Bonchev–Trinajstić information content (AvgIpc) is 2.22. The van der Waals surface area contributed by atoms with Crippen molar-refractivity contribution in [3.8, 4) is 0 Å². The molecule has 0 radical (unpaired) electrons. The Balaban J connectivity index is 4.78. The molecule has 15 heavy (non-hydrogen) atoms. The van der Waals surface area contributed by atoms with Crippen LogP contribution in [0.2, 0.25) is 0 Å². The number of hydrogen-bond acceptors (Lipinski definition) is 5. The Bertz CT molecular complexity index is 274. The van der Waals surface area contributed by atoms with E-state index in [0.29, 0.717) is 0 Å². The highest BCUT2D eigenvalue weighted by Gasteiger charge is 2.18. The van der Waals surface area contributed by atoms with E-state index in [0.717, 1.165) is 0 Å². The minimum Gasteiger partial charge on any atom is -0.465 e. The lowest BCUT2D eigenvalue weighted by molar-refractivity contribution is -0.144. The first kappa shape index (κ1) is 13.2. The van der Waals surface area contributed by atoms with Gasteiger partial charge in [0.05, 0.1) is 14.2 Å². The Morgan fingerprint density at radius 1 is 1.07 bits per heavy atom. The highest BCUT2D eigenvalue weighted by molar-refractivity contribution is 6.14. The van der Waals surface area contributed by atoms with E-state index in [1.165, 1.54) is 20.3 Å². The van der Waals surface area contributed by atoms with Crippen molar-refractivity contribution in [2.75, 3.05) is 28.3 Å². The van der Waals surface area contributed by atoms with Crippen LogP contribution in [-0.2, 0) is 19.1 Å². The summed E-state index contributed by atoms with van der Waals surface area (Å²) in [6.07, 6.45) is 4.59. The van der Waals surface area contributed by atoms with Crippen LogP contribution in [0, 0.1) is 0 Å². The molecular weight excluding hydrogens is 198 g/mol. The van der Waals surface area contributed by atoms with Crippen molar-refractivity contribution in [3.05, 3.63) is 23.9 Å². The van der Waals surface area contributed by atoms with Crippen LogP contribution in [0.25, 0.3) is 0 Å². The topological polar surface area (TPSA) is 55.8 Å². The molecule has 0 aromatic carbocycles. The Labute approximate surface area is 89.0 Å². The molecule has 0 N–H and O–H groups in total. The first-order valence-corrected chi connectivity index (χ1v) is 4.24. The summed E-state index contributed by atoms with van der Waals surface area (Å²) in [5.74, 6) is -1.43. The molecule has 84 valence electrons. The van der Waals surface area contributed by atoms with E-state index in [9.17, 15) is 9.59 Å². The van der Waals surface area contributed by atoms with Crippen LogP contribution in [-0.4, -0.2) is 45.2 Å². The van der Waals surface area contributed by atoms with Gasteiger partial charge in [-0.25, -0.2) is 9.59 Å². The molecule has 0 unspecified atom stereocenters. The van der Waals surface area contributed by atoms with Crippen molar-refractivity contribution in [3.63, 3.8) is 0 Å². The summed E-state index contributed by atoms with van der Waals surface area (Å²) in [5, 5.41) is 0.